The maximum Gasteiger partial charge on any atom is 0.326 e. The number of piperidine rings is 1. The summed E-state index contributed by atoms with van der Waals surface area (Å²) < 4.78 is 11.7. The number of nitrogens with one attached hydrogen (secondary N) is 3. The summed E-state index contributed by atoms with van der Waals surface area (Å²) in [7, 11) is 6.83. The Bertz CT molecular complexity index is 1250. The molecule has 9 unspecified atom stereocenters. The van der Waals surface area contributed by atoms with Crippen molar-refractivity contribution in [2.45, 2.75) is 136 Å². The second kappa shape index (κ2) is 24.4. The summed E-state index contributed by atoms with van der Waals surface area (Å²) in [5, 5.41) is 18.6. The Morgan fingerprint density at radius 1 is 1.06 bits per heavy atom. The Labute approximate surface area is 322 Å². The molecule has 1 aliphatic carbocycles. The monoisotopic (exact) mass is 767 g/mol. The molecule has 1 saturated carbocycles. The molecule has 9 atom stereocenters. The predicted octanol–water partition coefficient (Wildman–Crippen LogP) is 4.19. The summed E-state index contributed by atoms with van der Waals surface area (Å²) in [6, 6.07) is 2.58. The SMILES string of the molecule is CCC.CCC(C)C(C(CC(=O)N1C2CC2CC1C(OC)C(C)C)OC)N(C)C(=O)CNC(=O)C(NC)C(C)C.O=CNC(Cc1cccs1)C(=O)O. The van der Waals surface area contributed by atoms with Crippen molar-refractivity contribution in [3.63, 3.8) is 0 Å². The number of carbonyl (C=O) groups excluding carboxylic acids is 4. The molecule has 4 N–H and O–H groups in total. The van der Waals surface area contributed by atoms with Crippen molar-refractivity contribution in [1.82, 2.24) is 25.8 Å². The number of methoxy groups -OCH3 is 2. The van der Waals surface area contributed by atoms with E-state index in [0.29, 0.717) is 30.7 Å². The van der Waals surface area contributed by atoms with Gasteiger partial charge in [-0.05, 0) is 55.0 Å². The quantitative estimate of drug-likeness (QED) is 0.142. The van der Waals surface area contributed by atoms with Gasteiger partial charge in [0, 0.05) is 38.6 Å². The number of carbonyl (C=O) groups is 5. The van der Waals surface area contributed by atoms with Gasteiger partial charge in [0.25, 0.3) is 0 Å². The minimum Gasteiger partial charge on any atom is -0.480 e. The Kier molecular flexibility index (Phi) is 22.0. The molecule has 0 radical (unpaired) electrons. The van der Waals surface area contributed by atoms with Crippen LogP contribution in [-0.4, -0.2) is 122 Å². The molecule has 1 aromatic rings. The zero-order chi connectivity index (χ0) is 40.4. The third-order valence-corrected chi connectivity index (χ3v) is 11.0. The highest BCUT2D eigenvalue weighted by atomic mass is 32.1. The van der Waals surface area contributed by atoms with Gasteiger partial charge >= 0.3 is 5.97 Å². The van der Waals surface area contributed by atoms with Crippen LogP contribution in [0.1, 0.15) is 92.4 Å². The minimum atomic E-state index is -1.01. The molecule has 3 rings (SSSR count). The lowest BCUT2D eigenvalue weighted by molar-refractivity contribution is -0.145. The molecule has 4 amide bonds. The van der Waals surface area contributed by atoms with Crippen molar-refractivity contribution in [3.8, 4) is 0 Å². The molecular formula is C39H69N5O8S. The smallest absolute Gasteiger partial charge is 0.326 e. The number of hydrogen-bond donors (Lipinski definition) is 4. The third-order valence-electron chi connectivity index (χ3n) is 10.1. The third kappa shape index (κ3) is 14.6. The maximum absolute atomic E-state index is 13.7. The van der Waals surface area contributed by atoms with E-state index in [-0.39, 0.29) is 66.8 Å². The van der Waals surface area contributed by atoms with E-state index < -0.39 is 18.1 Å². The number of likely N-dealkylation sites (tertiary alicyclic amines) is 1. The molecule has 14 heteroatoms. The fourth-order valence-electron chi connectivity index (χ4n) is 7.15. The lowest BCUT2D eigenvalue weighted by atomic mass is 9.90. The van der Waals surface area contributed by atoms with Crippen LogP contribution in [0.5, 0.6) is 0 Å². The minimum absolute atomic E-state index is 0.00301. The van der Waals surface area contributed by atoms with Crippen LogP contribution >= 0.6 is 11.3 Å². The van der Waals surface area contributed by atoms with E-state index in [1.807, 2.05) is 31.4 Å². The fourth-order valence-corrected chi connectivity index (χ4v) is 7.90. The average Bonchev–Trinajstić information content (AvgIpc) is 3.47. The number of carboxylic acid groups (broad SMARTS) is 1. The Balaban J connectivity index is 0.000000726. The first-order valence-electron chi connectivity index (χ1n) is 19.1. The summed E-state index contributed by atoms with van der Waals surface area (Å²) >= 11 is 1.48. The van der Waals surface area contributed by atoms with E-state index in [1.165, 1.54) is 17.8 Å². The molecular weight excluding hydrogens is 699 g/mol. The normalized spacial score (nSPS) is 20.6. The van der Waals surface area contributed by atoms with Crippen molar-refractivity contribution >= 4 is 41.4 Å². The van der Waals surface area contributed by atoms with E-state index >= 15 is 0 Å². The second-order valence-electron chi connectivity index (χ2n) is 14.9. The number of nitrogens with zero attached hydrogens (tertiary/aromatic N) is 2. The van der Waals surface area contributed by atoms with E-state index in [1.54, 1.807) is 33.2 Å². The van der Waals surface area contributed by atoms with Crippen LogP contribution in [0.2, 0.25) is 0 Å². The lowest BCUT2D eigenvalue weighted by Crippen LogP contribution is -2.55. The molecule has 0 spiro atoms. The number of amides is 4. The van der Waals surface area contributed by atoms with Crippen molar-refractivity contribution in [3.05, 3.63) is 22.4 Å². The first-order chi connectivity index (χ1) is 25.1. The Morgan fingerprint density at radius 2 is 1.70 bits per heavy atom. The number of ether oxygens (including phenoxy) is 2. The summed E-state index contributed by atoms with van der Waals surface area (Å²) in [6.07, 6.45) is 4.63. The van der Waals surface area contributed by atoms with Gasteiger partial charge < -0.3 is 40.3 Å². The van der Waals surface area contributed by atoms with E-state index in [0.717, 1.165) is 24.1 Å². The molecule has 53 heavy (non-hydrogen) atoms. The van der Waals surface area contributed by atoms with Gasteiger partial charge in [0.15, 0.2) is 0 Å². The van der Waals surface area contributed by atoms with Crippen LogP contribution in [0.4, 0.5) is 0 Å². The van der Waals surface area contributed by atoms with Crippen LogP contribution < -0.4 is 16.0 Å². The molecule has 1 aromatic heterocycles. The van der Waals surface area contributed by atoms with E-state index in [4.69, 9.17) is 14.6 Å². The molecule has 2 aliphatic rings. The highest BCUT2D eigenvalue weighted by molar-refractivity contribution is 7.09. The number of hydrogen-bond acceptors (Lipinski definition) is 9. The Hall–Kier alpha value is -3.07. The molecule has 0 aromatic carbocycles. The first kappa shape index (κ1) is 48.0. The van der Waals surface area contributed by atoms with Crippen molar-refractivity contribution < 1.29 is 38.6 Å². The molecule has 304 valence electrons. The van der Waals surface area contributed by atoms with Crippen LogP contribution in [-0.2, 0) is 39.9 Å². The first-order valence-corrected chi connectivity index (χ1v) is 20.0. The van der Waals surface area contributed by atoms with Crippen LogP contribution in [0.15, 0.2) is 17.5 Å². The van der Waals surface area contributed by atoms with Gasteiger partial charge in [-0.3, -0.25) is 19.2 Å². The zero-order valence-corrected chi connectivity index (χ0v) is 35.0. The number of fused-ring (bicyclic) bond motifs is 1. The topological polar surface area (TPSA) is 167 Å². The molecule has 2 fully saturated rings. The van der Waals surface area contributed by atoms with Gasteiger partial charge in [0.05, 0.1) is 43.3 Å². The molecule has 13 nitrogen and oxygen atoms in total. The second-order valence-corrected chi connectivity index (χ2v) is 15.9. The Morgan fingerprint density at radius 3 is 2.15 bits per heavy atom. The summed E-state index contributed by atoms with van der Waals surface area (Å²) in [5.74, 6) is -0.261. The van der Waals surface area contributed by atoms with Gasteiger partial charge in [-0.1, -0.05) is 74.3 Å². The average molecular weight is 768 g/mol. The van der Waals surface area contributed by atoms with Gasteiger partial charge in [0.2, 0.25) is 24.1 Å². The molecule has 0 bridgehead atoms. The maximum atomic E-state index is 13.7. The number of carboxylic acids is 1. The molecule has 2 heterocycles. The molecule has 1 saturated heterocycles. The number of likely N-dealkylation sites (N-methyl/N-ethyl adjacent to an activating group) is 2. The van der Waals surface area contributed by atoms with E-state index in [9.17, 15) is 24.0 Å². The van der Waals surface area contributed by atoms with E-state index in [2.05, 4.69) is 62.4 Å². The number of rotatable bonds is 20. The van der Waals surface area contributed by atoms with Crippen LogP contribution in [0.3, 0.4) is 0 Å². The highest BCUT2D eigenvalue weighted by Gasteiger charge is 2.56. The predicted molar refractivity (Wildman–Crippen MR) is 210 cm³/mol. The van der Waals surface area contributed by atoms with Gasteiger partial charge in [-0.15, -0.1) is 11.3 Å². The number of aliphatic carboxylic acids is 1. The van der Waals surface area contributed by atoms with Crippen LogP contribution in [0.25, 0.3) is 0 Å². The largest absolute Gasteiger partial charge is 0.480 e. The fraction of sp³-hybridized carbons (Fsp3) is 0.769. The van der Waals surface area contributed by atoms with Crippen molar-refractivity contribution in [2.24, 2.45) is 23.7 Å². The summed E-state index contributed by atoms with van der Waals surface area (Å²) in [4.78, 5) is 64.8. The zero-order valence-electron chi connectivity index (χ0n) is 34.2. The highest BCUT2D eigenvalue weighted by Crippen LogP contribution is 2.50. The summed E-state index contributed by atoms with van der Waals surface area (Å²) in [6.45, 7) is 16.5. The summed E-state index contributed by atoms with van der Waals surface area (Å²) in [5.41, 5.74) is 0. The van der Waals surface area contributed by atoms with Crippen molar-refractivity contribution in [1.29, 1.82) is 0 Å². The standard InChI is InChI=1S/C28H52N4O5.C8H9NO3S.C3H8/c1-11-18(6)26(31(8)24(34)15-30-28(35)25(29-7)16(2)3)22(36-9)14-23(33)32-20-12-19(20)13-21(32)27(37-10)17(4)5;10-5-9-7(8(11)12)4-6-2-1-3-13-6;1-3-2/h16-22,25-27,29H,11-15H2,1-10H3,(H,30,35);1-3,5,7H,4H2,(H,9,10)(H,11,12);3H2,1-2H3. The van der Waals surface area contributed by atoms with Gasteiger partial charge in [-0.25, -0.2) is 4.79 Å². The van der Waals surface area contributed by atoms with Gasteiger partial charge in [-0.2, -0.15) is 0 Å². The lowest BCUT2D eigenvalue weighted by Gasteiger charge is -2.40. The van der Waals surface area contributed by atoms with Crippen LogP contribution in [0, 0.1) is 23.7 Å². The van der Waals surface area contributed by atoms with Crippen molar-refractivity contribution in [2.75, 3.05) is 34.9 Å². The number of thiophene rings is 1. The van der Waals surface area contributed by atoms with Gasteiger partial charge in [0.1, 0.15) is 6.04 Å². The molecule has 1 aliphatic heterocycles.